The SMILES string of the molecule is CC(=CCCCC=O)[N+](=O)[O-]. The minimum atomic E-state index is -0.430. The fourth-order valence-corrected chi connectivity index (χ4v) is 0.587. The Morgan fingerprint density at radius 3 is 2.64 bits per heavy atom. The number of carbonyl (C=O) groups excluding carboxylic acids is 1. The van der Waals surface area contributed by atoms with Crippen molar-refractivity contribution in [3.05, 3.63) is 21.9 Å². The number of nitrogens with zero attached hydrogens (tertiary/aromatic N) is 1. The van der Waals surface area contributed by atoms with Crippen LogP contribution >= 0.6 is 0 Å². The molecule has 0 aliphatic carbocycles. The zero-order chi connectivity index (χ0) is 8.69. The van der Waals surface area contributed by atoms with Crippen LogP contribution in [0.4, 0.5) is 0 Å². The van der Waals surface area contributed by atoms with E-state index in [0.717, 1.165) is 6.29 Å². The fraction of sp³-hybridized carbons (Fsp3) is 0.571. The Labute approximate surface area is 65.1 Å². The highest BCUT2D eigenvalue weighted by molar-refractivity contribution is 5.48. The van der Waals surface area contributed by atoms with Crippen molar-refractivity contribution in [1.82, 2.24) is 0 Å². The standard InChI is InChI=1S/C7H11NO3/c1-7(8(10)11)5-3-2-4-6-9/h5-6H,2-4H2,1H3. The summed E-state index contributed by atoms with van der Waals surface area (Å²) in [5.74, 6) is 0. The van der Waals surface area contributed by atoms with E-state index in [1.54, 1.807) is 0 Å². The van der Waals surface area contributed by atoms with Crippen molar-refractivity contribution in [2.45, 2.75) is 26.2 Å². The van der Waals surface area contributed by atoms with Crippen LogP contribution in [0, 0.1) is 10.1 Å². The van der Waals surface area contributed by atoms with Gasteiger partial charge in [0.2, 0.25) is 5.70 Å². The third-order valence-electron chi connectivity index (χ3n) is 1.25. The highest BCUT2D eigenvalue weighted by atomic mass is 16.6. The van der Waals surface area contributed by atoms with E-state index >= 15 is 0 Å². The van der Waals surface area contributed by atoms with Gasteiger partial charge in [0, 0.05) is 13.3 Å². The molecule has 0 atom stereocenters. The first-order chi connectivity index (χ1) is 5.18. The van der Waals surface area contributed by atoms with Crippen molar-refractivity contribution in [3.8, 4) is 0 Å². The van der Waals surface area contributed by atoms with Gasteiger partial charge in [0.25, 0.3) is 0 Å². The lowest BCUT2D eigenvalue weighted by Gasteiger charge is -1.89. The molecule has 0 bridgehead atoms. The fourth-order valence-electron chi connectivity index (χ4n) is 0.587. The van der Waals surface area contributed by atoms with Crippen LogP contribution in [0.15, 0.2) is 11.8 Å². The van der Waals surface area contributed by atoms with Gasteiger partial charge in [-0.25, -0.2) is 0 Å². The zero-order valence-electron chi connectivity index (χ0n) is 6.45. The minimum absolute atomic E-state index is 0.149. The molecule has 0 radical (unpaired) electrons. The zero-order valence-corrected chi connectivity index (χ0v) is 6.45. The van der Waals surface area contributed by atoms with Crippen molar-refractivity contribution < 1.29 is 9.72 Å². The third kappa shape index (κ3) is 5.26. The maximum Gasteiger partial charge on any atom is 0.239 e. The summed E-state index contributed by atoms with van der Waals surface area (Å²) < 4.78 is 0. The van der Waals surface area contributed by atoms with Crippen molar-refractivity contribution in [1.29, 1.82) is 0 Å². The Balaban J connectivity index is 3.56. The molecule has 0 heterocycles. The average molecular weight is 157 g/mol. The van der Waals surface area contributed by atoms with Crippen molar-refractivity contribution in [2.24, 2.45) is 0 Å². The maximum absolute atomic E-state index is 10.0. The number of nitro groups is 1. The van der Waals surface area contributed by atoms with E-state index in [4.69, 9.17) is 0 Å². The number of hydrogen-bond acceptors (Lipinski definition) is 3. The molecular weight excluding hydrogens is 146 g/mol. The number of hydrogen-bond donors (Lipinski definition) is 0. The second-order valence-corrected chi connectivity index (χ2v) is 2.20. The van der Waals surface area contributed by atoms with Crippen molar-refractivity contribution in [3.63, 3.8) is 0 Å². The normalized spacial score (nSPS) is 11.2. The topological polar surface area (TPSA) is 60.2 Å². The van der Waals surface area contributed by atoms with Crippen LogP contribution in [0.5, 0.6) is 0 Å². The lowest BCUT2D eigenvalue weighted by molar-refractivity contribution is -0.424. The van der Waals surface area contributed by atoms with Crippen molar-refractivity contribution in [2.75, 3.05) is 0 Å². The van der Waals surface area contributed by atoms with Crippen LogP contribution in [0.3, 0.4) is 0 Å². The highest BCUT2D eigenvalue weighted by Gasteiger charge is 1.98. The van der Waals surface area contributed by atoms with Crippen LogP contribution in [-0.2, 0) is 4.79 Å². The van der Waals surface area contributed by atoms with Crippen LogP contribution in [0.2, 0.25) is 0 Å². The van der Waals surface area contributed by atoms with E-state index in [0.29, 0.717) is 19.3 Å². The molecule has 0 N–H and O–H groups in total. The lowest BCUT2D eigenvalue weighted by Crippen LogP contribution is -1.92. The van der Waals surface area contributed by atoms with Gasteiger partial charge in [-0.1, -0.05) is 0 Å². The molecule has 0 aliphatic heterocycles. The Bertz CT molecular complexity index is 175. The van der Waals surface area contributed by atoms with E-state index < -0.39 is 4.92 Å². The van der Waals surface area contributed by atoms with Gasteiger partial charge in [0.1, 0.15) is 6.29 Å². The van der Waals surface area contributed by atoms with E-state index in [1.807, 2.05) is 0 Å². The number of allylic oxidation sites excluding steroid dienone is 2. The summed E-state index contributed by atoms with van der Waals surface area (Å²) in [6, 6.07) is 0. The van der Waals surface area contributed by atoms with Crippen LogP contribution in [0.25, 0.3) is 0 Å². The number of aldehydes is 1. The predicted octanol–water partition coefficient (Wildman–Crippen LogP) is 1.54. The molecule has 0 unspecified atom stereocenters. The van der Waals surface area contributed by atoms with Crippen LogP contribution < -0.4 is 0 Å². The Kier molecular flexibility index (Phi) is 4.98. The average Bonchev–Trinajstić information content (AvgIpc) is 1.97. The van der Waals surface area contributed by atoms with E-state index in [1.165, 1.54) is 13.0 Å². The van der Waals surface area contributed by atoms with Gasteiger partial charge < -0.3 is 4.79 Å². The monoisotopic (exact) mass is 157 g/mol. The first-order valence-corrected chi connectivity index (χ1v) is 3.43. The maximum atomic E-state index is 10.0. The highest BCUT2D eigenvalue weighted by Crippen LogP contribution is 1.99. The molecule has 0 aromatic rings. The van der Waals surface area contributed by atoms with E-state index in [-0.39, 0.29) is 5.70 Å². The van der Waals surface area contributed by atoms with Gasteiger partial charge in [-0.2, -0.15) is 0 Å². The second-order valence-electron chi connectivity index (χ2n) is 2.20. The minimum Gasteiger partial charge on any atom is -0.303 e. The molecule has 0 fully saturated rings. The largest absolute Gasteiger partial charge is 0.303 e. The summed E-state index contributed by atoms with van der Waals surface area (Å²) in [5.41, 5.74) is 0.149. The van der Waals surface area contributed by atoms with Gasteiger partial charge in [0.15, 0.2) is 0 Å². The molecule has 4 heteroatoms. The quantitative estimate of drug-likeness (QED) is 0.263. The Morgan fingerprint density at radius 2 is 2.18 bits per heavy atom. The van der Waals surface area contributed by atoms with Crippen molar-refractivity contribution >= 4 is 6.29 Å². The van der Waals surface area contributed by atoms with Gasteiger partial charge in [-0.05, 0) is 18.9 Å². The first-order valence-electron chi connectivity index (χ1n) is 3.43. The molecular formula is C7H11NO3. The Morgan fingerprint density at radius 1 is 1.55 bits per heavy atom. The molecule has 0 aliphatic rings. The number of carbonyl (C=O) groups is 1. The van der Waals surface area contributed by atoms with Gasteiger partial charge >= 0.3 is 0 Å². The van der Waals surface area contributed by atoms with E-state index in [9.17, 15) is 14.9 Å². The van der Waals surface area contributed by atoms with Gasteiger partial charge in [-0.15, -0.1) is 0 Å². The van der Waals surface area contributed by atoms with Crippen LogP contribution in [-0.4, -0.2) is 11.2 Å². The molecule has 11 heavy (non-hydrogen) atoms. The van der Waals surface area contributed by atoms with Crippen LogP contribution in [0.1, 0.15) is 26.2 Å². The summed E-state index contributed by atoms with van der Waals surface area (Å²) in [6.07, 6.45) is 4.11. The summed E-state index contributed by atoms with van der Waals surface area (Å²) in [5, 5.41) is 10.0. The van der Waals surface area contributed by atoms with Gasteiger partial charge in [-0.3, -0.25) is 10.1 Å². The molecule has 0 rings (SSSR count). The molecule has 62 valence electrons. The van der Waals surface area contributed by atoms with E-state index in [2.05, 4.69) is 0 Å². The molecule has 0 aromatic carbocycles. The Hall–Kier alpha value is -1.19. The molecule has 0 saturated carbocycles. The predicted molar refractivity (Wildman–Crippen MR) is 40.7 cm³/mol. The number of unbranched alkanes of at least 4 members (excludes halogenated alkanes) is 2. The third-order valence-corrected chi connectivity index (χ3v) is 1.25. The summed E-state index contributed by atoms with van der Waals surface area (Å²) in [6.45, 7) is 1.45. The molecule has 0 aromatic heterocycles. The molecule has 0 spiro atoms. The molecule has 4 nitrogen and oxygen atoms in total. The summed E-state index contributed by atoms with van der Waals surface area (Å²) >= 11 is 0. The molecule has 0 saturated heterocycles. The molecule has 0 amide bonds. The second kappa shape index (κ2) is 5.58. The lowest BCUT2D eigenvalue weighted by atomic mass is 10.2. The number of rotatable bonds is 5. The smallest absolute Gasteiger partial charge is 0.239 e. The first kappa shape index (κ1) is 9.81. The van der Waals surface area contributed by atoms with Gasteiger partial charge in [0.05, 0.1) is 4.92 Å². The summed E-state index contributed by atoms with van der Waals surface area (Å²) in [7, 11) is 0. The summed E-state index contributed by atoms with van der Waals surface area (Å²) in [4.78, 5) is 19.4.